The van der Waals surface area contributed by atoms with E-state index >= 15 is 0 Å². The summed E-state index contributed by atoms with van der Waals surface area (Å²) in [5.74, 6) is -0.382. The molecule has 1 amide bonds. The lowest BCUT2D eigenvalue weighted by molar-refractivity contribution is -0.160. The molecule has 0 aromatic rings. The highest BCUT2D eigenvalue weighted by atomic mass is 16.6. The van der Waals surface area contributed by atoms with E-state index in [1.807, 2.05) is 0 Å². The SMILES string of the molecule is CCC(=O)NCCOCCOCC(=O)OC(C)(C)C. The van der Waals surface area contributed by atoms with Gasteiger partial charge in [-0.2, -0.15) is 0 Å². The maximum Gasteiger partial charge on any atom is 0.332 e. The van der Waals surface area contributed by atoms with Gasteiger partial charge in [-0.05, 0) is 20.8 Å². The van der Waals surface area contributed by atoms with Gasteiger partial charge in [0.2, 0.25) is 5.91 Å². The zero-order chi connectivity index (χ0) is 14.7. The second-order valence-electron chi connectivity index (χ2n) is 4.95. The van der Waals surface area contributed by atoms with Gasteiger partial charge in [-0.1, -0.05) is 6.92 Å². The molecule has 0 radical (unpaired) electrons. The average molecular weight is 275 g/mol. The van der Waals surface area contributed by atoms with Gasteiger partial charge in [0.05, 0.1) is 19.8 Å². The first-order valence-electron chi connectivity index (χ1n) is 6.49. The Kier molecular flexibility index (Phi) is 9.16. The van der Waals surface area contributed by atoms with E-state index in [1.54, 1.807) is 27.7 Å². The minimum absolute atomic E-state index is 0.00442. The highest BCUT2D eigenvalue weighted by Crippen LogP contribution is 2.06. The van der Waals surface area contributed by atoms with Crippen molar-refractivity contribution in [3.8, 4) is 0 Å². The minimum Gasteiger partial charge on any atom is -0.458 e. The van der Waals surface area contributed by atoms with Crippen molar-refractivity contribution in [2.75, 3.05) is 33.0 Å². The first-order chi connectivity index (χ1) is 8.85. The van der Waals surface area contributed by atoms with Crippen LogP contribution in [0.1, 0.15) is 34.1 Å². The van der Waals surface area contributed by atoms with Crippen LogP contribution in [0.2, 0.25) is 0 Å². The van der Waals surface area contributed by atoms with Gasteiger partial charge in [0, 0.05) is 13.0 Å². The van der Waals surface area contributed by atoms with Crippen LogP contribution in [0.15, 0.2) is 0 Å². The van der Waals surface area contributed by atoms with Gasteiger partial charge in [-0.25, -0.2) is 4.79 Å². The lowest BCUT2D eigenvalue weighted by Gasteiger charge is -2.19. The van der Waals surface area contributed by atoms with E-state index in [0.717, 1.165) is 0 Å². The molecular formula is C13H25NO5. The minimum atomic E-state index is -0.492. The standard InChI is InChI=1S/C13H25NO5/c1-5-11(15)14-6-7-17-8-9-18-10-12(16)19-13(2,3)4/h5-10H2,1-4H3,(H,14,15). The molecule has 0 aliphatic heterocycles. The number of nitrogens with one attached hydrogen (secondary N) is 1. The van der Waals surface area contributed by atoms with Crippen molar-refractivity contribution < 1.29 is 23.8 Å². The summed E-state index contributed by atoms with van der Waals surface area (Å²) >= 11 is 0. The van der Waals surface area contributed by atoms with Crippen molar-refractivity contribution in [1.29, 1.82) is 0 Å². The van der Waals surface area contributed by atoms with Crippen LogP contribution in [0, 0.1) is 0 Å². The maximum absolute atomic E-state index is 11.3. The molecule has 0 unspecified atom stereocenters. The monoisotopic (exact) mass is 275 g/mol. The summed E-state index contributed by atoms with van der Waals surface area (Å²) in [6, 6.07) is 0. The van der Waals surface area contributed by atoms with E-state index in [0.29, 0.717) is 32.8 Å². The number of carbonyl (C=O) groups is 2. The van der Waals surface area contributed by atoms with Gasteiger partial charge < -0.3 is 19.5 Å². The van der Waals surface area contributed by atoms with Gasteiger partial charge in [-0.3, -0.25) is 4.79 Å². The Bertz CT molecular complexity index is 273. The molecule has 0 saturated heterocycles. The smallest absolute Gasteiger partial charge is 0.332 e. The number of hydrogen-bond donors (Lipinski definition) is 1. The molecular weight excluding hydrogens is 250 g/mol. The van der Waals surface area contributed by atoms with E-state index < -0.39 is 5.60 Å². The van der Waals surface area contributed by atoms with E-state index in [9.17, 15) is 9.59 Å². The molecule has 0 rings (SSSR count). The molecule has 112 valence electrons. The van der Waals surface area contributed by atoms with Crippen LogP contribution in [0.5, 0.6) is 0 Å². The van der Waals surface area contributed by atoms with E-state index in [-0.39, 0.29) is 18.5 Å². The summed E-state index contributed by atoms with van der Waals surface area (Å²) < 4.78 is 15.4. The third-order valence-corrected chi connectivity index (χ3v) is 1.90. The van der Waals surface area contributed by atoms with E-state index in [2.05, 4.69) is 5.32 Å². The summed E-state index contributed by atoms with van der Waals surface area (Å²) in [5.41, 5.74) is -0.492. The van der Waals surface area contributed by atoms with Crippen molar-refractivity contribution in [3.63, 3.8) is 0 Å². The number of hydrogen-bond acceptors (Lipinski definition) is 5. The molecule has 0 aliphatic rings. The molecule has 0 aliphatic carbocycles. The molecule has 0 heterocycles. The van der Waals surface area contributed by atoms with Crippen LogP contribution >= 0.6 is 0 Å². The molecule has 0 spiro atoms. The van der Waals surface area contributed by atoms with Crippen LogP contribution < -0.4 is 5.32 Å². The van der Waals surface area contributed by atoms with Crippen molar-refractivity contribution in [3.05, 3.63) is 0 Å². The first kappa shape index (κ1) is 17.9. The molecule has 0 fully saturated rings. The second kappa shape index (κ2) is 9.75. The molecule has 0 bridgehead atoms. The molecule has 0 aromatic carbocycles. The zero-order valence-electron chi connectivity index (χ0n) is 12.3. The molecule has 1 N–H and O–H groups in total. The van der Waals surface area contributed by atoms with Crippen molar-refractivity contribution >= 4 is 11.9 Å². The fourth-order valence-electron chi connectivity index (χ4n) is 1.13. The van der Waals surface area contributed by atoms with Gasteiger partial charge in [0.15, 0.2) is 0 Å². The molecule has 0 saturated carbocycles. The van der Waals surface area contributed by atoms with Gasteiger partial charge >= 0.3 is 5.97 Å². The Balaban J connectivity index is 3.32. The Hall–Kier alpha value is -1.14. The normalized spacial score (nSPS) is 11.2. The summed E-state index contributed by atoms with van der Waals surface area (Å²) in [6.07, 6.45) is 0.471. The highest BCUT2D eigenvalue weighted by molar-refractivity contribution is 5.75. The Morgan fingerprint density at radius 3 is 2.26 bits per heavy atom. The maximum atomic E-state index is 11.3. The summed E-state index contributed by atoms with van der Waals surface area (Å²) in [6.45, 7) is 8.75. The van der Waals surface area contributed by atoms with Gasteiger partial charge in [0.25, 0.3) is 0 Å². The first-order valence-corrected chi connectivity index (χ1v) is 6.49. The fourth-order valence-corrected chi connectivity index (χ4v) is 1.13. The van der Waals surface area contributed by atoms with Crippen LogP contribution in [0.3, 0.4) is 0 Å². The lowest BCUT2D eigenvalue weighted by Crippen LogP contribution is -2.28. The summed E-state index contributed by atoms with van der Waals surface area (Å²) in [7, 11) is 0. The van der Waals surface area contributed by atoms with Crippen molar-refractivity contribution in [2.45, 2.75) is 39.7 Å². The summed E-state index contributed by atoms with van der Waals surface area (Å²) in [5, 5.41) is 2.69. The lowest BCUT2D eigenvalue weighted by atomic mass is 10.2. The topological polar surface area (TPSA) is 73.9 Å². The highest BCUT2D eigenvalue weighted by Gasteiger charge is 2.15. The predicted octanol–water partition coefficient (Wildman–Crippen LogP) is 0.887. The molecule has 6 nitrogen and oxygen atoms in total. The Morgan fingerprint density at radius 2 is 1.68 bits per heavy atom. The molecule has 6 heteroatoms. The van der Waals surface area contributed by atoms with Crippen LogP contribution in [0.25, 0.3) is 0 Å². The average Bonchev–Trinajstić information content (AvgIpc) is 2.29. The number of amides is 1. The fraction of sp³-hybridized carbons (Fsp3) is 0.846. The predicted molar refractivity (Wildman–Crippen MR) is 70.8 cm³/mol. The third-order valence-electron chi connectivity index (χ3n) is 1.90. The van der Waals surface area contributed by atoms with Gasteiger partial charge in [0.1, 0.15) is 12.2 Å². The second-order valence-corrected chi connectivity index (χ2v) is 4.95. The van der Waals surface area contributed by atoms with Gasteiger partial charge in [-0.15, -0.1) is 0 Å². The molecule has 0 aromatic heterocycles. The number of ether oxygens (including phenoxy) is 3. The Labute approximate surface area is 114 Å². The number of rotatable bonds is 9. The zero-order valence-corrected chi connectivity index (χ0v) is 12.3. The summed E-state index contributed by atoms with van der Waals surface area (Å²) in [4.78, 5) is 22.2. The van der Waals surface area contributed by atoms with Crippen LogP contribution in [0.4, 0.5) is 0 Å². The third kappa shape index (κ3) is 13.1. The van der Waals surface area contributed by atoms with Crippen LogP contribution in [-0.2, 0) is 23.8 Å². The number of carbonyl (C=O) groups excluding carboxylic acids is 2. The Morgan fingerprint density at radius 1 is 1.05 bits per heavy atom. The molecule has 0 atom stereocenters. The van der Waals surface area contributed by atoms with E-state index in [4.69, 9.17) is 14.2 Å². The van der Waals surface area contributed by atoms with Crippen molar-refractivity contribution in [1.82, 2.24) is 5.32 Å². The quantitative estimate of drug-likeness (QED) is 0.499. The van der Waals surface area contributed by atoms with E-state index in [1.165, 1.54) is 0 Å². The largest absolute Gasteiger partial charge is 0.458 e. The molecule has 19 heavy (non-hydrogen) atoms. The van der Waals surface area contributed by atoms with Crippen LogP contribution in [-0.4, -0.2) is 50.4 Å². The number of esters is 1. The van der Waals surface area contributed by atoms with Crippen molar-refractivity contribution in [2.24, 2.45) is 0 Å².